The van der Waals surface area contributed by atoms with E-state index in [1.54, 1.807) is 6.92 Å². The van der Waals surface area contributed by atoms with Crippen LogP contribution in [0.3, 0.4) is 0 Å². The molecule has 1 heterocycles. The van der Waals surface area contributed by atoms with Crippen molar-refractivity contribution in [3.63, 3.8) is 0 Å². The van der Waals surface area contributed by atoms with Crippen LogP contribution in [-0.4, -0.2) is 31.6 Å². The van der Waals surface area contributed by atoms with E-state index in [1.807, 2.05) is 24.3 Å². The molecule has 0 bridgehead atoms. The Kier molecular flexibility index (Phi) is 6.51. The van der Waals surface area contributed by atoms with Gasteiger partial charge in [-0.2, -0.15) is 0 Å². The van der Waals surface area contributed by atoms with Crippen LogP contribution in [0.5, 0.6) is 5.75 Å². The average molecular weight is 355 g/mol. The van der Waals surface area contributed by atoms with Gasteiger partial charge in [0.05, 0.1) is 0 Å². The van der Waals surface area contributed by atoms with Crippen molar-refractivity contribution in [2.75, 3.05) is 19.6 Å². The average Bonchev–Trinajstić information content (AvgIpc) is 2.50. The van der Waals surface area contributed by atoms with Crippen LogP contribution < -0.4 is 15.4 Å². The molecule has 0 radical (unpaired) electrons. The molecule has 1 aromatic rings. The van der Waals surface area contributed by atoms with Crippen LogP contribution in [0.4, 0.5) is 0 Å². The first-order valence-electron chi connectivity index (χ1n) is 7.56. The highest BCUT2D eigenvalue weighted by Gasteiger charge is 2.16. The SMILES string of the molecule is CC(Oc1ccc(Br)cc1)C(=O)NCCC1CCCNC1. The number of rotatable bonds is 6. The first-order valence-corrected chi connectivity index (χ1v) is 8.35. The molecule has 2 atom stereocenters. The monoisotopic (exact) mass is 354 g/mol. The van der Waals surface area contributed by atoms with E-state index >= 15 is 0 Å². The lowest BCUT2D eigenvalue weighted by molar-refractivity contribution is -0.127. The number of carbonyl (C=O) groups is 1. The first kappa shape index (κ1) is 16.3. The summed E-state index contributed by atoms with van der Waals surface area (Å²) in [5.41, 5.74) is 0. The third-order valence-electron chi connectivity index (χ3n) is 3.75. The molecule has 0 aromatic heterocycles. The van der Waals surface area contributed by atoms with Crippen molar-refractivity contribution < 1.29 is 9.53 Å². The van der Waals surface area contributed by atoms with Crippen LogP contribution in [0.1, 0.15) is 26.2 Å². The largest absolute Gasteiger partial charge is 0.481 e. The van der Waals surface area contributed by atoms with Crippen molar-refractivity contribution in [3.8, 4) is 5.75 Å². The second-order valence-corrected chi connectivity index (χ2v) is 6.42. The van der Waals surface area contributed by atoms with Gasteiger partial charge in [0.15, 0.2) is 6.10 Å². The second kappa shape index (κ2) is 8.39. The lowest BCUT2D eigenvalue weighted by atomic mass is 9.96. The van der Waals surface area contributed by atoms with Gasteiger partial charge in [0, 0.05) is 11.0 Å². The smallest absolute Gasteiger partial charge is 0.260 e. The normalized spacial score (nSPS) is 19.8. The number of amides is 1. The summed E-state index contributed by atoms with van der Waals surface area (Å²) in [5.74, 6) is 1.33. The zero-order chi connectivity index (χ0) is 15.1. The van der Waals surface area contributed by atoms with E-state index in [2.05, 4.69) is 26.6 Å². The summed E-state index contributed by atoms with van der Waals surface area (Å²) in [4.78, 5) is 12.0. The number of carbonyl (C=O) groups excluding carboxylic acids is 1. The highest BCUT2D eigenvalue weighted by Crippen LogP contribution is 2.17. The zero-order valence-corrected chi connectivity index (χ0v) is 14.0. The molecular weight excluding hydrogens is 332 g/mol. The Morgan fingerprint density at radius 1 is 1.48 bits per heavy atom. The molecule has 1 amide bonds. The fourth-order valence-electron chi connectivity index (χ4n) is 2.48. The topological polar surface area (TPSA) is 50.4 Å². The predicted octanol–water partition coefficient (Wildman–Crippen LogP) is 2.72. The Balaban J connectivity index is 1.68. The Bertz CT molecular complexity index is 444. The van der Waals surface area contributed by atoms with Crippen LogP contribution in [0.2, 0.25) is 0 Å². The summed E-state index contributed by atoms with van der Waals surface area (Å²) in [5, 5.41) is 6.35. The molecule has 0 spiro atoms. The molecule has 1 saturated heterocycles. The quantitative estimate of drug-likeness (QED) is 0.825. The molecule has 1 aliphatic rings. The first-order chi connectivity index (χ1) is 10.1. The molecule has 1 aliphatic heterocycles. The molecule has 2 unspecified atom stereocenters. The van der Waals surface area contributed by atoms with E-state index in [0.717, 1.165) is 30.5 Å². The molecule has 0 aliphatic carbocycles. The molecule has 4 nitrogen and oxygen atoms in total. The van der Waals surface area contributed by atoms with Crippen molar-refractivity contribution in [2.45, 2.75) is 32.3 Å². The van der Waals surface area contributed by atoms with Crippen molar-refractivity contribution in [2.24, 2.45) is 5.92 Å². The number of hydrogen-bond donors (Lipinski definition) is 2. The number of piperidine rings is 1. The number of ether oxygens (including phenoxy) is 1. The third kappa shape index (κ3) is 5.67. The number of halogens is 1. The van der Waals surface area contributed by atoms with Gasteiger partial charge in [0.2, 0.25) is 0 Å². The predicted molar refractivity (Wildman–Crippen MR) is 87.5 cm³/mol. The van der Waals surface area contributed by atoms with Crippen molar-refractivity contribution >= 4 is 21.8 Å². The molecule has 0 saturated carbocycles. The number of hydrogen-bond acceptors (Lipinski definition) is 3. The lowest BCUT2D eigenvalue weighted by Gasteiger charge is -2.23. The Morgan fingerprint density at radius 3 is 2.90 bits per heavy atom. The van der Waals surface area contributed by atoms with Crippen molar-refractivity contribution in [3.05, 3.63) is 28.7 Å². The van der Waals surface area contributed by atoms with Gasteiger partial charge in [-0.05, 0) is 69.5 Å². The maximum Gasteiger partial charge on any atom is 0.260 e. The van der Waals surface area contributed by atoms with Crippen molar-refractivity contribution in [1.29, 1.82) is 0 Å². The second-order valence-electron chi connectivity index (χ2n) is 5.51. The van der Waals surface area contributed by atoms with E-state index < -0.39 is 6.10 Å². The van der Waals surface area contributed by atoms with Gasteiger partial charge in [-0.15, -0.1) is 0 Å². The summed E-state index contributed by atoms with van der Waals surface area (Å²) in [6.07, 6.45) is 3.05. The van der Waals surface area contributed by atoms with E-state index in [0.29, 0.717) is 11.7 Å². The molecule has 116 valence electrons. The fourth-order valence-corrected chi connectivity index (χ4v) is 2.75. The van der Waals surface area contributed by atoms with E-state index in [1.165, 1.54) is 12.8 Å². The third-order valence-corrected chi connectivity index (χ3v) is 4.28. The van der Waals surface area contributed by atoms with E-state index in [4.69, 9.17) is 4.74 Å². The highest BCUT2D eigenvalue weighted by atomic mass is 79.9. The zero-order valence-electron chi connectivity index (χ0n) is 12.4. The molecule has 5 heteroatoms. The maximum absolute atomic E-state index is 12.0. The van der Waals surface area contributed by atoms with Gasteiger partial charge < -0.3 is 15.4 Å². The minimum Gasteiger partial charge on any atom is -0.481 e. The minimum absolute atomic E-state index is 0.0540. The highest BCUT2D eigenvalue weighted by molar-refractivity contribution is 9.10. The summed E-state index contributed by atoms with van der Waals surface area (Å²) in [7, 11) is 0. The van der Waals surface area contributed by atoms with Crippen LogP contribution in [-0.2, 0) is 4.79 Å². The van der Waals surface area contributed by atoms with Gasteiger partial charge in [0.1, 0.15) is 5.75 Å². The molecule has 2 N–H and O–H groups in total. The van der Waals surface area contributed by atoms with Crippen LogP contribution in [0.15, 0.2) is 28.7 Å². The van der Waals surface area contributed by atoms with Gasteiger partial charge >= 0.3 is 0 Å². The molecule has 1 aromatic carbocycles. The molecular formula is C16H23BrN2O2. The lowest BCUT2D eigenvalue weighted by Crippen LogP contribution is -2.38. The minimum atomic E-state index is -0.476. The van der Waals surface area contributed by atoms with Gasteiger partial charge in [0.25, 0.3) is 5.91 Å². The summed E-state index contributed by atoms with van der Waals surface area (Å²) < 4.78 is 6.62. The van der Waals surface area contributed by atoms with Crippen LogP contribution in [0, 0.1) is 5.92 Å². The molecule has 1 fully saturated rings. The Morgan fingerprint density at radius 2 is 2.24 bits per heavy atom. The van der Waals surface area contributed by atoms with Gasteiger partial charge in [-0.1, -0.05) is 15.9 Å². The Labute approximate surface area is 134 Å². The number of nitrogens with one attached hydrogen (secondary N) is 2. The Hall–Kier alpha value is -1.07. The standard InChI is InChI=1S/C16H23BrN2O2/c1-12(21-15-6-4-14(17)5-7-15)16(20)19-10-8-13-3-2-9-18-11-13/h4-7,12-13,18H,2-3,8-11H2,1H3,(H,19,20). The van der Waals surface area contributed by atoms with Gasteiger partial charge in [-0.3, -0.25) is 4.79 Å². The van der Waals surface area contributed by atoms with Crippen molar-refractivity contribution in [1.82, 2.24) is 10.6 Å². The van der Waals surface area contributed by atoms with Crippen LogP contribution in [0.25, 0.3) is 0 Å². The molecule has 21 heavy (non-hydrogen) atoms. The summed E-state index contributed by atoms with van der Waals surface area (Å²) in [6, 6.07) is 7.50. The van der Waals surface area contributed by atoms with E-state index in [9.17, 15) is 4.79 Å². The fraction of sp³-hybridized carbons (Fsp3) is 0.562. The molecule has 2 rings (SSSR count). The van der Waals surface area contributed by atoms with Crippen LogP contribution >= 0.6 is 15.9 Å². The van der Waals surface area contributed by atoms with Gasteiger partial charge in [-0.25, -0.2) is 0 Å². The maximum atomic E-state index is 12.0. The van der Waals surface area contributed by atoms with E-state index in [-0.39, 0.29) is 5.91 Å². The summed E-state index contributed by atoms with van der Waals surface area (Å²) >= 11 is 3.37. The number of benzene rings is 1. The summed E-state index contributed by atoms with van der Waals surface area (Å²) in [6.45, 7) is 4.69.